The first-order valence-electron chi connectivity index (χ1n) is 6.77. The molecule has 0 heterocycles. The summed E-state index contributed by atoms with van der Waals surface area (Å²) in [4.78, 5) is 12.3. The predicted molar refractivity (Wildman–Crippen MR) is 73.6 cm³/mol. The van der Waals surface area contributed by atoms with Crippen molar-refractivity contribution < 1.29 is 14.6 Å². The molecule has 1 saturated carbocycles. The standard InChI is InChI=1S/C7H15NO2.C7H14O/c1-7(2,3)10-6(9)8(4)5;8-6-7-4-2-1-3-5-7/h1-5H3;7-8H,1-6H2. The number of nitrogens with zero attached hydrogens (tertiary/aromatic N) is 1. The van der Waals surface area contributed by atoms with E-state index in [9.17, 15) is 4.79 Å². The summed E-state index contributed by atoms with van der Waals surface area (Å²) in [5.74, 6) is 0.642. The topological polar surface area (TPSA) is 49.8 Å². The van der Waals surface area contributed by atoms with Gasteiger partial charge in [-0.05, 0) is 39.5 Å². The Morgan fingerprint density at radius 3 is 1.94 bits per heavy atom. The second-order valence-electron chi connectivity index (χ2n) is 6.06. The third kappa shape index (κ3) is 9.28. The first-order valence-corrected chi connectivity index (χ1v) is 6.77. The lowest BCUT2D eigenvalue weighted by molar-refractivity contribution is 0.0341. The van der Waals surface area contributed by atoms with Crippen LogP contribution >= 0.6 is 0 Å². The van der Waals surface area contributed by atoms with E-state index in [1.807, 2.05) is 20.8 Å². The van der Waals surface area contributed by atoms with Gasteiger partial charge in [-0.25, -0.2) is 4.79 Å². The molecule has 108 valence electrons. The quantitative estimate of drug-likeness (QED) is 0.787. The van der Waals surface area contributed by atoms with Crippen molar-refractivity contribution in [1.29, 1.82) is 0 Å². The zero-order chi connectivity index (χ0) is 14.2. The molecule has 0 spiro atoms. The highest BCUT2D eigenvalue weighted by molar-refractivity contribution is 5.67. The van der Waals surface area contributed by atoms with Gasteiger partial charge in [-0.1, -0.05) is 19.3 Å². The molecule has 1 amide bonds. The number of hydrogen-bond acceptors (Lipinski definition) is 3. The number of ether oxygens (including phenoxy) is 1. The molecule has 1 N–H and O–H groups in total. The number of hydrogen-bond donors (Lipinski definition) is 1. The van der Waals surface area contributed by atoms with Crippen LogP contribution in [0.1, 0.15) is 52.9 Å². The average molecular weight is 259 g/mol. The van der Waals surface area contributed by atoms with Gasteiger partial charge >= 0.3 is 6.09 Å². The molecule has 1 aliphatic rings. The molecule has 4 nitrogen and oxygen atoms in total. The first-order chi connectivity index (χ1) is 8.26. The van der Waals surface area contributed by atoms with Crippen LogP contribution in [0.2, 0.25) is 0 Å². The van der Waals surface area contributed by atoms with Crippen LogP contribution in [0.15, 0.2) is 0 Å². The minimum Gasteiger partial charge on any atom is -0.444 e. The third-order valence-electron chi connectivity index (χ3n) is 2.74. The lowest BCUT2D eigenvalue weighted by Gasteiger charge is -2.22. The summed E-state index contributed by atoms with van der Waals surface area (Å²) in [7, 11) is 3.32. The largest absolute Gasteiger partial charge is 0.444 e. The van der Waals surface area contributed by atoms with E-state index in [0.29, 0.717) is 12.5 Å². The second kappa shape index (κ2) is 8.35. The lowest BCUT2D eigenvalue weighted by Crippen LogP contribution is -2.31. The van der Waals surface area contributed by atoms with Crippen LogP contribution in [0.4, 0.5) is 4.79 Å². The molecule has 1 rings (SSSR count). The Balaban J connectivity index is 0.000000327. The fourth-order valence-electron chi connectivity index (χ4n) is 1.72. The molecular formula is C14H29NO3. The molecule has 0 aromatic carbocycles. The molecule has 18 heavy (non-hydrogen) atoms. The van der Waals surface area contributed by atoms with Gasteiger partial charge in [0.1, 0.15) is 5.60 Å². The molecule has 0 aromatic heterocycles. The van der Waals surface area contributed by atoms with E-state index in [0.717, 1.165) is 0 Å². The summed E-state index contributed by atoms with van der Waals surface area (Å²) in [6, 6.07) is 0. The van der Waals surface area contributed by atoms with Crippen LogP contribution in [0.5, 0.6) is 0 Å². The predicted octanol–water partition coefficient (Wildman–Crippen LogP) is 3.04. The monoisotopic (exact) mass is 259 g/mol. The fourth-order valence-corrected chi connectivity index (χ4v) is 1.72. The van der Waals surface area contributed by atoms with E-state index >= 15 is 0 Å². The van der Waals surface area contributed by atoms with Gasteiger partial charge in [-0.15, -0.1) is 0 Å². The number of carbonyl (C=O) groups is 1. The third-order valence-corrected chi connectivity index (χ3v) is 2.74. The van der Waals surface area contributed by atoms with Crippen LogP contribution in [0.25, 0.3) is 0 Å². The Kier molecular flexibility index (Phi) is 8.00. The first kappa shape index (κ1) is 17.2. The van der Waals surface area contributed by atoms with Gasteiger partial charge in [0.15, 0.2) is 0 Å². The van der Waals surface area contributed by atoms with Crippen LogP contribution in [-0.4, -0.2) is 42.4 Å². The Morgan fingerprint density at radius 2 is 1.72 bits per heavy atom. The summed E-state index contributed by atoms with van der Waals surface area (Å²) in [6.45, 7) is 5.94. The minimum absolute atomic E-state index is 0.299. The van der Waals surface area contributed by atoms with Crippen molar-refractivity contribution in [2.24, 2.45) is 5.92 Å². The maximum absolute atomic E-state index is 10.9. The minimum atomic E-state index is -0.388. The highest BCUT2D eigenvalue weighted by Gasteiger charge is 2.16. The van der Waals surface area contributed by atoms with E-state index in [2.05, 4.69) is 0 Å². The van der Waals surface area contributed by atoms with Crippen LogP contribution < -0.4 is 0 Å². The van der Waals surface area contributed by atoms with E-state index < -0.39 is 0 Å². The lowest BCUT2D eigenvalue weighted by atomic mass is 9.90. The van der Waals surface area contributed by atoms with E-state index in [-0.39, 0.29) is 11.7 Å². The van der Waals surface area contributed by atoms with Gasteiger partial charge in [-0.2, -0.15) is 0 Å². The van der Waals surface area contributed by atoms with Crippen molar-refractivity contribution in [3.05, 3.63) is 0 Å². The molecule has 0 atom stereocenters. The van der Waals surface area contributed by atoms with Crippen LogP contribution in [0, 0.1) is 5.92 Å². The Labute approximate surface area is 111 Å². The number of rotatable bonds is 1. The van der Waals surface area contributed by atoms with Crippen molar-refractivity contribution in [2.45, 2.75) is 58.5 Å². The molecule has 0 saturated heterocycles. The SMILES string of the molecule is CN(C)C(=O)OC(C)(C)C.OCC1CCCCC1. The summed E-state index contributed by atoms with van der Waals surface area (Å²) >= 11 is 0. The molecule has 0 bridgehead atoms. The zero-order valence-electron chi connectivity index (χ0n) is 12.5. The number of amides is 1. The number of carbonyl (C=O) groups excluding carboxylic acids is 1. The van der Waals surface area contributed by atoms with Gasteiger partial charge in [0.05, 0.1) is 0 Å². The van der Waals surface area contributed by atoms with E-state index in [4.69, 9.17) is 9.84 Å². The average Bonchev–Trinajstić information content (AvgIpc) is 2.28. The zero-order valence-corrected chi connectivity index (χ0v) is 12.5. The maximum Gasteiger partial charge on any atom is 0.409 e. The molecule has 0 aliphatic heterocycles. The summed E-state index contributed by atoms with van der Waals surface area (Å²) in [5.41, 5.74) is -0.388. The van der Waals surface area contributed by atoms with Crippen molar-refractivity contribution in [2.75, 3.05) is 20.7 Å². The van der Waals surface area contributed by atoms with Gasteiger partial charge < -0.3 is 14.7 Å². The van der Waals surface area contributed by atoms with Crippen molar-refractivity contribution in [3.8, 4) is 0 Å². The maximum atomic E-state index is 10.9. The van der Waals surface area contributed by atoms with E-state index in [1.165, 1.54) is 37.0 Å². The smallest absolute Gasteiger partial charge is 0.409 e. The number of aliphatic hydroxyl groups excluding tert-OH is 1. The summed E-state index contributed by atoms with van der Waals surface area (Å²) in [5, 5.41) is 8.69. The molecule has 0 unspecified atom stereocenters. The highest BCUT2D eigenvalue weighted by Crippen LogP contribution is 2.22. The summed E-state index contributed by atoms with van der Waals surface area (Å²) < 4.78 is 4.99. The Hall–Kier alpha value is -0.770. The van der Waals surface area contributed by atoms with Gasteiger partial charge in [0.25, 0.3) is 0 Å². The summed E-state index contributed by atoms with van der Waals surface area (Å²) in [6.07, 6.45) is 6.28. The van der Waals surface area contributed by atoms with Crippen LogP contribution in [0.3, 0.4) is 0 Å². The Bertz CT molecular complexity index is 228. The molecule has 0 radical (unpaired) electrons. The Morgan fingerprint density at radius 1 is 1.22 bits per heavy atom. The van der Waals surface area contributed by atoms with Gasteiger partial charge in [-0.3, -0.25) is 0 Å². The molecule has 1 fully saturated rings. The van der Waals surface area contributed by atoms with E-state index in [1.54, 1.807) is 14.1 Å². The fraction of sp³-hybridized carbons (Fsp3) is 0.929. The number of aliphatic hydroxyl groups is 1. The normalized spacial score (nSPS) is 16.6. The molecule has 4 heteroatoms. The molecule has 0 aromatic rings. The highest BCUT2D eigenvalue weighted by atomic mass is 16.6. The van der Waals surface area contributed by atoms with Gasteiger partial charge in [0, 0.05) is 20.7 Å². The van der Waals surface area contributed by atoms with Crippen molar-refractivity contribution in [3.63, 3.8) is 0 Å². The molecular weight excluding hydrogens is 230 g/mol. The van der Waals surface area contributed by atoms with Crippen molar-refractivity contribution in [1.82, 2.24) is 4.90 Å². The molecule has 1 aliphatic carbocycles. The second-order valence-corrected chi connectivity index (χ2v) is 6.06. The van der Waals surface area contributed by atoms with Crippen molar-refractivity contribution >= 4 is 6.09 Å². The van der Waals surface area contributed by atoms with Gasteiger partial charge in [0.2, 0.25) is 0 Å². The van der Waals surface area contributed by atoms with Crippen LogP contribution in [-0.2, 0) is 4.74 Å².